The van der Waals surface area contributed by atoms with E-state index in [-0.39, 0.29) is 5.78 Å². The van der Waals surface area contributed by atoms with Gasteiger partial charge < -0.3 is 0 Å². The van der Waals surface area contributed by atoms with E-state index in [1.165, 1.54) is 0 Å². The molecule has 0 amide bonds. The first kappa shape index (κ1) is 15.7. The van der Waals surface area contributed by atoms with Gasteiger partial charge in [0, 0.05) is 0 Å². The van der Waals surface area contributed by atoms with Crippen molar-refractivity contribution in [2.24, 2.45) is 5.41 Å². The van der Waals surface area contributed by atoms with Gasteiger partial charge in [-0.3, -0.25) is 0 Å². The molecule has 0 radical (unpaired) electrons. The van der Waals surface area contributed by atoms with Gasteiger partial charge >= 0.3 is 102 Å². The van der Waals surface area contributed by atoms with Gasteiger partial charge in [-0.1, -0.05) is 0 Å². The number of allylic oxidation sites excluding steroid dienone is 1. The van der Waals surface area contributed by atoms with Crippen LogP contribution in [0, 0.1) is 5.41 Å². The van der Waals surface area contributed by atoms with E-state index in [2.05, 4.69) is 20.8 Å². The standard InChI is InChI=1S/C13H24GeO2/c1-7-14(8-2,9-3)11(10-15)12(16)13(4,5)6/h7-9H2,1-6H3. The number of carbonyl (C=O) groups excluding carboxylic acids is 2. The van der Waals surface area contributed by atoms with Crippen LogP contribution in [0.25, 0.3) is 0 Å². The molecule has 92 valence electrons. The summed E-state index contributed by atoms with van der Waals surface area (Å²) in [7, 11) is 0. The van der Waals surface area contributed by atoms with Gasteiger partial charge in [-0.05, 0) is 0 Å². The summed E-state index contributed by atoms with van der Waals surface area (Å²) in [6.07, 6.45) is 0. The van der Waals surface area contributed by atoms with Gasteiger partial charge in [0.2, 0.25) is 0 Å². The van der Waals surface area contributed by atoms with Crippen molar-refractivity contribution in [2.75, 3.05) is 0 Å². The van der Waals surface area contributed by atoms with Gasteiger partial charge in [-0.15, -0.1) is 0 Å². The molecule has 0 aliphatic heterocycles. The normalized spacial score (nSPS) is 12.1. The first-order valence-electron chi connectivity index (χ1n) is 6.09. The van der Waals surface area contributed by atoms with Crippen LogP contribution in [0.2, 0.25) is 15.8 Å². The van der Waals surface area contributed by atoms with Crippen LogP contribution in [-0.2, 0) is 9.59 Å². The third-order valence-electron chi connectivity index (χ3n) is 3.57. The van der Waals surface area contributed by atoms with Crippen LogP contribution in [0.15, 0.2) is 4.41 Å². The van der Waals surface area contributed by atoms with Crippen molar-refractivity contribution in [3.05, 3.63) is 4.41 Å². The third kappa shape index (κ3) is 3.08. The molecule has 0 saturated heterocycles. The summed E-state index contributed by atoms with van der Waals surface area (Å²) < 4.78 is 0.542. The number of rotatable bonds is 5. The fourth-order valence-electron chi connectivity index (χ4n) is 2.05. The monoisotopic (exact) mass is 286 g/mol. The molecule has 0 saturated carbocycles. The second kappa shape index (κ2) is 5.83. The zero-order chi connectivity index (χ0) is 13.0. The Bertz CT molecular complexity index is 294. The molecule has 0 atom stereocenters. The molecule has 16 heavy (non-hydrogen) atoms. The Hall–Kier alpha value is -0.337. The molecular formula is C13H24GeO2. The summed E-state index contributed by atoms with van der Waals surface area (Å²) in [5, 5.41) is 3.00. The van der Waals surface area contributed by atoms with Crippen LogP contribution in [0.1, 0.15) is 41.5 Å². The molecule has 0 heterocycles. The second-order valence-corrected chi connectivity index (χ2v) is 16.3. The summed E-state index contributed by atoms with van der Waals surface area (Å²) >= 11 is -2.43. The van der Waals surface area contributed by atoms with Crippen molar-refractivity contribution in [3.8, 4) is 0 Å². The van der Waals surface area contributed by atoms with Gasteiger partial charge in [0.25, 0.3) is 0 Å². The molecule has 0 unspecified atom stereocenters. The van der Waals surface area contributed by atoms with E-state index in [1.54, 1.807) is 0 Å². The number of hydrogen-bond donors (Lipinski definition) is 0. The molecule has 2 nitrogen and oxygen atoms in total. The molecule has 0 bridgehead atoms. The van der Waals surface area contributed by atoms with Crippen molar-refractivity contribution < 1.29 is 9.59 Å². The quantitative estimate of drug-likeness (QED) is 0.440. The zero-order valence-electron chi connectivity index (χ0n) is 11.4. The third-order valence-corrected chi connectivity index (χ3v) is 15.0. The number of Topliss-reactive ketones (excluding diaryl/α,β-unsaturated/α-hetero) is 1. The Morgan fingerprint density at radius 3 is 1.62 bits per heavy atom. The first-order valence-corrected chi connectivity index (χ1v) is 11.6. The van der Waals surface area contributed by atoms with Gasteiger partial charge in [0.05, 0.1) is 0 Å². The van der Waals surface area contributed by atoms with Crippen molar-refractivity contribution in [1.29, 1.82) is 0 Å². The molecular weight excluding hydrogens is 261 g/mol. The molecule has 0 aliphatic carbocycles. The van der Waals surface area contributed by atoms with E-state index in [1.807, 2.05) is 26.7 Å². The molecule has 0 aromatic rings. The Labute approximate surface area is 102 Å². The molecule has 0 fully saturated rings. The average molecular weight is 285 g/mol. The van der Waals surface area contributed by atoms with Crippen LogP contribution < -0.4 is 0 Å². The number of ketones is 1. The fourth-order valence-corrected chi connectivity index (χ4v) is 9.67. The van der Waals surface area contributed by atoms with E-state index in [0.29, 0.717) is 4.41 Å². The molecule has 0 N–H and O–H groups in total. The predicted molar refractivity (Wildman–Crippen MR) is 70.9 cm³/mol. The maximum atomic E-state index is 12.3. The van der Waals surface area contributed by atoms with Crippen molar-refractivity contribution in [1.82, 2.24) is 0 Å². The van der Waals surface area contributed by atoms with E-state index >= 15 is 0 Å². The summed E-state index contributed by atoms with van der Waals surface area (Å²) in [5.41, 5.74) is -0.456. The second-order valence-electron chi connectivity index (χ2n) is 5.40. The van der Waals surface area contributed by atoms with Gasteiger partial charge in [-0.25, -0.2) is 0 Å². The van der Waals surface area contributed by atoms with Crippen molar-refractivity contribution in [3.63, 3.8) is 0 Å². The summed E-state index contributed by atoms with van der Waals surface area (Å²) in [4.78, 5) is 23.4. The topological polar surface area (TPSA) is 34.1 Å². The van der Waals surface area contributed by atoms with E-state index < -0.39 is 18.7 Å². The van der Waals surface area contributed by atoms with Gasteiger partial charge in [0.15, 0.2) is 0 Å². The van der Waals surface area contributed by atoms with Gasteiger partial charge in [0.1, 0.15) is 0 Å². The zero-order valence-corrected chi connectivity index (χ0v) is 13.5. The van der Waals surface area contributed by atoms with E-state index in [9.17, 15) is 9.59 Å². The molecule has 0 aromatic carbocycles. The Balaban J connectivity index is 5.47. The van der Waals surface area contributed by atoms with Crippen LogP contribution in [0.5, 0.6) is 0 Å². The maximum absolute atomic E-state index is 12.3. The Morgan fingerprint density at radius 1 is 1.06 bits per heavy atom. The van der Waals surface area contributed by atoms with Crippen LogP contribution in [0.3, 0.4) is 0 Å². The molecule has 0 aromatic heterocycles. The molecule has 0 rings (SSSR count). The number of carbonyl (C=O) groups is 1. The van der Waals surface area contributed by atoms with Crippen LogP contribution in [0.4, 0.5) is 0 Å². The molecule has 0 spiro atoms. The van der Waals surface area contributed by atoms with E-state index in [4.69, 9.17) is 0 Å². The SMILES string of the molecule is C[CH2][Ge]([CH2]C)([CH2]C)[C](=C=O)C(=O)C(C)(C)C. The average Bonchev–Trinajstić information content (AvgIpc) is 2.24. The first-order chi connectivity index (χ1) is 7.29. The Kier molecular flexibility index (Phi) is 5.71. The molecule has 0 aliphatic rings. The Morgan fingerprint density at radius 2 is 1.44 bits per heavy atom. The summed E-state index contributed by atoms with van der Waals surface area (Å²) in [5.74, 6) is 2.02. The minimum atomic E-state index is -2.43. The minimum absolute atomic E-state index is 0.0213. The van der Waals surface area contributed by atoms with Crippen molar-refractivity contribution >= 4 is 25.0 Å². The fraction of sp³-hybridized carbons (Fsp3) is 0.769. The summed E-state index contributed by atoms with van der Waals surface area (Å²) in [6, 6.07) is 0. The van der Waals surface area contributed by atoms with Gasteiger partial charge in [-0.2, -0.15) is 0 Å². The number of hydrogen-bond acceptors (Lipinski definition) is 2. The predicted octanol–water partition coefficient (Wildman–Crippen LogP) is 3.41. The van der Waals surface area contributed by atoms with E-state index in [0.717, 1.165) is 15.8 Å². The van der Waals surface area contributed by atoms with Crippen LogP contribution in [-0.4, -0.2) is 25.0 Å². The van der Waals surface area contributed by atoms with Crippen molar-refractivity contribution in [2.45, 2.75) is 57.3 Å². The molecule has 3 heteroatoms. The summed E-state index contributed by atoms with van der Waals surface area (Å²) in [6.45, 7) is 12.0. The van der Waals surface area contributed by atoms with Crippen LogP contribution >= 0.6 is 0 Å².